The summed E-state index contributed by atoms with van der Waals surface area (Å²) in [5.41, 5.74) is 6.48. The molecule has 0 aromatic carbocycles. The molecule has 0 aliphatic rings. The number of nitrogens with zero attached hydrogens (tertiary/aromatic N) is 1. The summed E-state index contributed by atoms with van der Waals surface area (Å²) in [6, 6.07) is 1.87. The Labute approximate surface area is 90.5 Å². The van der Waals surface area contributed by atoms with E-state index in [-0.39, 0.29) is 17.7 Å². The number of hydrogen-bond acceptors (Lipinski definition) is 2. The molecular weight excluding hydrogens is 190 g/mol. The van der Waals surface area contributed by atoms with Crippen molar-refractivity contribution in [2.45, 2.75) is 13.8 Å². The molecule has 1 unspecified atom stereocenters. The van der Waals surface area contributed by atoms with Crippen LogP contribution in [-0.4, -0.2) is 24.5 Å². The summed E-state index contributed by atoms with van der Waals surface area (Å²) < 4.78 is 0. The van der Waals surface area contributed by atoms with Gasteiger partial charge in [-0.1, -0.05) is 13.8 Å². The fourth-order valence-corrected chi connectivity index (χ4v) is 1.56. The number of nitrogens with one attached hydrogen (secondary N) is 1. The first-order chi connectivity index (χ1) is 7.07. The molecule has 0 spiro atoms. The van der Waals surface area contributed by atoms with Gasteiger partial charge in [0, 0.05) is 26.0 Å². The van der Waals surface area contributed by atoms with Crippen molar-refractivity contribution in [3.05, 3.63) is 18.5 Å². The van der Waals surface area contributed by atoms with Gasteiger partial charge in [0.2, 0.25) is 5.91 Å². The second kappa shape index (κ2) is 4.98. The van der Waals surface area contributed by atoms with Crippen LogP contribution < -0.4 is 10.6 Å². The lowest BCUT2D eigenvalue weighted by atomic mass is 9.94. The van der Waals surface area contributed by atoms with Crippen LogP contribution in [0, 0.1) is 11.8 Å². The molecular formula is C11H19N3O. The first-order valence-corrected chi connectivity index (χ1v) is 5.18. The minimum atomic E-state index is -0.107. The molecule has 0 radical (unpaired) electrons. The third kappa shape index (κ3) is 2.59. The molecule has 0 fully saturated rings. The van der Waals surface area contributed by atoms with Crippen molar-refractivity contribution in [2.75, 3.05) is 18.5 Å². The highest BCUT2D eigenvalue weighted by molar-refractivity contribution is 5.94. The van der Waals surface area contributed by atoms with Crippen molar-refractivity contribution < 1.29 is 4.79 Å². The molecule has 0 saturated heterocycles. The number of anilines is 1. The number of aromatic amines is 1. The van der Waals surface area contributed by atoms with E-state index in [1.807, 2.05) is 19.9 Å². The number of H-pyrrole nitrogens is 1. The number of nitrogens with two attached hydrogens (primary N) is 1. The highest BCUT2D eigenvalue weighted by Crippen LogP contribution is 2.17. The number of carbonyl (C=O) groups excluding carboxylic acids is 1. The van der Waals surface area contributed by atoms with E-state index in [2.05, 4.69) is 4.98 Å². The number of hydrogen-bond donors (Lipinski definition) is 2. The number of amides is 1. The first kappa shape index (κ1) is 11.8. The summed E-state index contributed by atoms with van der Waals surface area (Å²) in [5.74, 6) is 0.237. The Bertz CT molecular complexity index is 306. The molecule has 15 heavy (non-hydrogen) atoms. The van der Waals surface area contributed by atoms with Crippen LogP contribution >= 0.6 is 0 Å². The molecule has 0 aliphatic heterocycles. The fourth-order valence-electron chi connectivity index (χ4n) is 1.56. The summed E-state index contributed by atoms with van der Waals surface area (Å²) in [5, 5.41) is 0. The maximum atomic E-state index is 12.0. The van der Waals surface area contributed by atoms with E-state index in [9.17, 15) is 4.79 Å². The van der Waals surface area contributed by atoms with E-state index in [0.29, 0.717) is 6.54 Å². The minimum Gasteiger partial charge on any atom is -0.366 e. The standard InChI is InChI=1S/C11H19N3O/c1-8(2)10(6-12)11(15)14(3)9-4-5-13-7-9/h4-5,7-8,10,13H,6,12H2,1-3H3. The first-order valence-electron chi connectivity index (χ1n) is 5.18. The molecule has 1 aromatic rings. The van der Waals surface area contributed by atoms with Gasteiger partial charge < -0.3 is 15.6 Å². The Morgan fingerprint density at radius 1 is 1.60 bits per heavy atom. The molecule has 1 atom stereocenters. The van der Waals surface area contributed by atoms with E-state index in [1.165, 1.54) is 0 Å². The van der Waals surface area contributed by atoms with Gasteiger partial charge in [0.15, 0.2) is 0 Å². The quantitative estimate of drug-likeness (QED) is 0.783. The molecule has 0 bridgehead atoms. The molecule has 0 saturated carbocycles. The Balaban J connectivity index is 2.75. The van der Waals surface area contributed by atoms with Crippen molar-refractivity contribution >= 4 is 11.6 Å². The Morgan fingerprint density at radius 3 is 2.67 bits per heavy atom. The van der Waals surface area contributed by atoms with E-state index in [1.54, 1.807) is 24.3 Å². The van der Waals surface area contributed by atoms with Gasteiger partial charge in [-0.05, 0) is 12.0 Å². The number of aromatic nitrogens is 1. The average molecular weight is 209 g/mol. The van der Waals surface area contributed by atoms with Crippen LogP contribution in [0.1, 0.15) is 13.8 Å². The van der Waals surface area contributed by atoms with Gasteiger partial charge in [-0.15, -0.1) is 0 Å². The highest BCUT2D eigenvalue weighted by Gasteiger charge is 2.24. The molecule has 4 heteroatoms. The van der Waals surface area contributed by atoms with Crippen LogP contribution in [0.15, 0.2) is 18.5 Å². The maximum absolute atomic E-state index is 12.0. The Morgan fingerprint density at radius 2 is 2.27 bits per heavy atom. The van der Waals surface area contributed by atoms with Crippen LogP contribution in [0.25, 0.3) is 0 Å². The van der Waals surface area contributed by atoms with Crippen molar-refractivity contribution in [3.8, 4) is 0 Å². The third-order valence-electron chi connectivity index (χ3n) is 2.68. The zero-order chi connectivity index (χ0) is 11.4. The second-order valence-corrected chi connectivity index (χ2v) is 4.05. The lowest BCUT2D eigenvalue weighted by molar-refractivity contribution is -0.123. The van der Waals surface area contributed by atoms with Crippen LogP contribution in [0.5, 0.6) is 0 Å². The van der Waals surface area contributed by atoms with E-state index < -0.39 is 0 Å². The molecule has 84 valence electrons. The molecule has 1 amide bonds. The van der Waals surface area contributed by atoms with Crippen LogP contribution in [0.2, 0.25) is 0 Å². The normalized spacial score (nSPS) is 12.9. The second-order valence-electron chi connectivity index (χ2n) is 4.05. The molecule has 1 heterocycles. The van der Waals surface area contributed by atoms with Crippen LogP contribution in [-0.2, 0) is 4.79 Å². The minimum absolute atomic E-state index is 0.0760. The fraction of sp³-hybridized carbons (Fsp3) is 0.545. The largest absolute Gasteiger partial charge is 0.366 e. The maximum Gasteiger partial charge on any atom is 0.231 e. The van der Waals surface area contributed by atoms with Gasteiger partial charge in [0.1, 0.15) is 0 Å². The highest BCUT2D eigenvalue weighted by atomic mass is 16.2. The summed E-state index contributed by atoms with van der Waals surface area (Å²) >= 11 is 0. The van der Waals surface area contributed by atoms with E-state index in [4.69, 9.17) is 5.73 Å². The average Bonchev–Trinajstić information content (AvgIpc) is 2.69. The zero-order valence-electron chi connectivity index (χ0n) is 9.53. The molecule has 0 aliphatic carbocycles. The smallest absolute Gasteiger partial charge is 0.231 e. The van der Waals surface area contributed by atoms with Gasteiger partial charge in [-0.3, -0.25) is 4.79 Å². The Hall–Kier alpha value is -1.29. The zero-order valence-corrected chi connectivity index (χ0v) is 9.53. The van der Waals surface area contributed by atoms with Crippen molar-refractivity contribution in [3.63, 3.8) is 0 Å². The van der Waals surface area contributed by atoms with Crippen molar-refractivity contribution in [1.29, 1.82) is 0 Å². The third-order valence-corrected chi connectivity index (χ3v) is 2.68. The predicted octanol–water partition coefficient (Wildman–Crippen LogP) is 1.21. The molecule has 1 aromatic heterocycles. The van der Waals surface area contributed by atoms with Crippen molar-refractivity contribution in [2.24, 2.45) is 17.6 Å². The van der Waals surface area contributed by atoms with Gasteiger partial charge in [0.25, 0.3) is 0 Å². The van der Waals surface area contributed by atoms with E-state index in [0.717, 1.165) is 5.69 Å². The Kier molecular flexibility index (Phi) is 3.91. The number of rotatable bonds is 4. The lowest BCUT2D eigenvalue weighted by Crippen LogP contribution is -2.39. The van der Waals surface area contributed by atoms with Gasteiger partial charge in [0.05, 0.1) is 11.6 Å². The SMILES string of the molecule is CC(C)C(CN)C(=O)N(C)c1cc[nH]c1. The summed E-state index contributed by atoms with van der Waals surface area (Å²) in [4.78, 5) is 16.6. The van der Waals surface area contributed by atoms with Gasteiger partial charge in [-0.25, -0.2) is 0 Å². The number of carbonyl (C=O) groups is 1. The summed E-state index contributed by atoms with van der Waals surface area (Å²) in [6.07, 6.45) is 3.59. The topological polar surface area (TPSA) is 62.1 Å². The van der Waals surface area contributed by atoms with Gasteiger partial charge in [-0.2, -0.15) is 0 Å². The molecule has 4 nitrogen and oxygen atoms in total. The van der Waals surface area contributed by atoms with Gasteiger partial charge >= 0.3 is 0 Å². The van der Waals surface area contributed by atoms with Crippen LogP contribution in [0.3, 0.4) is 0 Å². The monoisotopic (exact) mass is 209 g/mol. The summed E-state index contributed by atoms with van der Waals surface area (Å²) in [6.45, 7) is 4.42. The predicted molar refractivity (Wildman–Crippen MR) is 61.6 cm³/mol. The van der Waals surface area contributed by atoms with E-state index >= 15 is 0 Å². The lowest BCUT2D eigenvalue weighted by Gasteiger charge is -2.24. The van der Waals surface area contributed by atoms with Crippen LogP contribution in [0.4, 0.5) is 5.69 Å². The molecule has 1 rings (SSSR count). The molecule has 3 N–H and O–H groups in total. The van der Waals surface area contributed by atoms with Crippen molar-refractivity contribution in [1.82, 2.24) is 4.98 Å². The summed E-state index contributed by atoms with van der Waals surface area (Å²) in [7, 11) is 1.77.